The first-order chi connectivity index (χ1) is 16.9. The van der Waals surface area contributed by atoms with Crippen LogP contribution in [0, 0.1) is 11.3 Å². The minimum Gasteiger partial charge on any atom is -0.481 e. The predicted molar refractivity (Wildman–Crippen MR) is 131 cm³/mol. The van der Waals surface area contributed by atoms with Crippen molar-refractivity contribution in [2.24, 2.45) is 22.1 Å². The normalized spacial score (nSPS) is 22.6. The lowest BCUT2D eigenvalue weighted by molar-refractivity contribution is -0.142. The molecule has 1 aromatic rings. The second kappa shape index (κ2) is 11.6. The Bertz CT molecular complexity index is 1020. The van der Waals surface area contributed by atoms with Gasteiger partial charge in [-0.2, -0.15) is 13.2 Å². The van der Waals surface area contributed by atoms with Crippen LogP contribution in [0.4, 0.5) is 13.2 Å². The van der Waals surface area contributed by atoms with Crippen molar-refractivity contribution in [3.63, 3.8) is 0 Å². The van der Waals surface area contributed by atoms with Crippen LogP contribution in [0.25, 0.3) is 0 Å². The Kier molecular flexibility index (Phi) is 9.03. The summed E-state index contributed by atoms with van der Waals surface area (Å²) >= 11 is 6.20. The molecule has 0 aromatic carbocycles. The van der Waals surface area contributed by atoms with Gasteiger partial charge in [-0.05, 0) is 62.0 Å². The van der Waals surface area contributed by atoms with Gasteiger partial charge < -0.3 is 15.7 Å². The largest absolute Gasteiger partial charge is 0.481 e. The molecule has 3 N–H and O–H groups in total. The average molecular weight is 529 g/mol. The van der Waals surface area contributed by atoms with Gasteiger partial charge in [0, 0.05) is 31.7 Å². The van der Waals surface area contributed by atoms with Crippen molar-refractivity contribution >= 4 is 29.2 Å². The smallest absolute Gasteiger partial charge is 0.433 e. The summed E-state index contributed by atoms with van der Waals surface area (Å²) in [6.07, 6.45) is 2.81. The van der Waals surface area contributed by atoms with Crippen LogP contribution in [0.1, 0.15) is 57.4 Å². The van der Waals surface area contributed by atoms with Gasteiger partial charge in [0.25, 0.3) is 5.91 Å². The number of carboxylic acids is 1. The highest BCUT2D eigenvalue weighted by atomic mass is 35.5. The van der Waals surface area contributed by atoms with E-state index in [1.807, 2.05) is 6.92 Å². The molecule has 198 valence electrons. The van der Waals surface area contributed by atoms with Crippen LogP contribution in [0.5, 0.6) is 0 Å². The fraction of sp³-hybridized carbons (Fsp3) is 0.600. The molecule has 2 fully saturated rings. The molecule has 0 unspecified atom stereocenters. The maximum atomic E-state index is 14.1. The minimum absolute atomic E-state index is 0.157. The van der Waals surface area contributed by atoms with Crippen molar-refractivity contribution in [1.82, 2.24) is 9.88 Å². The van der Waals surface area contributed by atoms with Gasteiger partial charge in [-0.3, -0.25) is 19.6 Å². The van der Waals surface area contributed by atoms with Gasteiger partial charge >= 0.3 is 12.1 Å². The first kappa shape index (κ1) is 28.0. The maximum absolute atomic E-state index is 14.1. The van der Waals surface area contributed by atoms with Gasteiger partial charge in [0.1, 0.15) is 0 Å². The van der Waals surface area contributed by atoms with E-state index in [2.05, 4.69) is 9.98 Å². The van der Waals surface area contributed by atoms with Gasteiger partial charge in [0.05, 0.1) is 22.6 Å². The Hall–Kier alpha value is -2.62. The number of carboxylic acid groups (broad SMARTS) is 1. The van der Waals surface area contributed by atoms with E-state index in [1.165, 1.54) is 11.1 Å². The quantitative estimate of drug-likeness (QED) is 0.354. The lowest BCUT2D eigenvalue weighted by Crippen LogP contribution is -2.46. The molecular formula is C25H32ClF3N4O3. The van der Waals surface area contributed by atoms with Gasteiger partial charge in [-0.1, -0.05) is 24.9 Å². The molecule has 11 heteroatoms. The van der Waals surface area contributed by atoms with Crippen molar-refractivity contribution in [3.8, 4) is 0 Å². The fourth-order valence-corrected chi connectivity index (χ4v) is 5.08. The molecule has 0 bridgehead atoms. The summed E-state index contributed by atoms with van der Waals surface area (Å²) in [6, 6.07) is 0.986. The molecule has 2 saturated carbocycles. The number of carbonyl (C=O) groups excluding carboxylic acids is 1. The minimum atomic E-state index is -4.90. The molecule has 0 saturated heterocycles. The maximum Gasteiger partial charge on any atom is 0.433 e. The zero-order valence-electron chi connectivity index (χ0n) is 20.2. The number of nitrogens with zero attached hydrogens (tertiary/aromatic N) is 3. The number of nitrogens with two attached hydrogens (primary N) is 1. The zero-order valence-corrected chi connectivity index (χ0v) is 21.0. The zero-order chi connectivity index (χ0) is 26.5. The molecule has 2 aliphatic rings. The van der Waals surface area contributed by atoms with E-state index in [0.29, 0.717) is 24.2 Å². The van der Waals surface area contributed by atoms with Crippen molar-refractivity contribution in [2.75, 3.05) is 13.1 Å². The standard InChI is InChI=1S/C25H32ClF3N4O3/c1-24(9-2-10-24)15-33(12-8-16-7-11-31-14-20(16)26)22(34)19(13-30)21(25(27,28)29)32-18-5-3-17(4-6-18)23(35)36/h7,11,13-14,17-18H,2-6,8-10,12,15,30H2,1H3,(H,35,36). The number of pyridine rings is 1. The first-order valence-corrected chi connectivity index (χ1v) is 12.5. The van der Waals surface area contributed by atoms with E-state index in [0.717, 1.165) is 24.8 Å². The lowest BCUT2D eigenvalue weighted by Gasteiger charge is -2.42. The number of amides is 1. The van der Waals surface area contributed by atoms with Gasteiger partial charge in [0.2, 0.25) is 0 Å². The topological polar surface area (TPSA) is 109 Å². The van der Waals surface area contributed by atoms with E-state index < -0.39 is 41.3 Å². The summed E-state index contributed by atoms with van der Waals surface area (Å²) in [5, 5.41) is 9.58. The van der Waals surface area contributed by atoms with Crippen molar-refractivity contribution in [2.45, 2.75) is 70.5 Å². The highest BCUT2D eigenvalue weighted by Crippen LogP contribution is 2.41. The number of aromatic nitrogens is 1. The second-order valence-electron chi connectivity index (χ2n) is 10.0. The lowest BCUT2D eigenvalue weighted by atomic mass is 9.70. The van der Waals surface area contributed by atoms with E-state index >= 15 is 0 Å². The molecule has 36 heavy (non-hydrogen) atoms. The monoisotopic (exact) mass is 528 g/mol. The molecule has 2 aliphatic carbocycles. The second-order valence-corrected chi connectivity index (χ2v) is 10.4. The summed E-state index contributed by atoms with van der Waals surface area (Å²) in [7, 11) is 0. The molecule has 1 aromatic heterocycles. The van der Waals surface area contributed by atoms with Crippen LogP contribution in [0.3, 0.4) is 0 Å². The van der Waals surface area contributed by atoms with Crippen LogP contribution in [0.15, 0.2) is 35.2 Å². The first-order valence-electron chi connectivity index (χ1n) is 12.1. The fourth-order valence-electron chi connectivity index (χ4n) is 4.87. The number of halogens is 4. The number of hydrogen-bond donors (Lipinski definition) is 2. The molecule has 1 amide bonds. The highest BCUT2D eigenvalue weighted by molar-refractivity contribution is 6.31. The molecule has 0 atom stereocenters. The molecule has 7 nitrogen and oxygen atoms in total. The summed E-state index contributed by atoms with van der Waals surface area (Å²) in [5.41, 5.74) is 4.18. The predicted octanol–water partition coefficient (Wildman–Crippen LogP) is 4.79. The van der Waals surface area contributed by atoms with Gasteiger partial charge in [0.15, 0.2) is 5.71 Å². The Morgan fingerprint density at radius 3 is 2.47 bits per heavy atom. The summed E-state index contributed by atoms with van der Waals surface area (Å²) in [4.78, 5) is 34.0. The van der Waals surface area contributed by atoms with Crippen LogP contribution < -0.4 is 5.73 Å². The summed E-state index contributed by atoms with van der Waals surface area (Å²) in [6.45, 7) is 2.47. The van der Waals surface area contributed by atoms with Crippen LogP contribution in [-0.2, 0) is 16.0 Å². The molecule has 3 rings (SSSR count). The highest BCUT2D eigenvalue weighted by Gasteiger charge is 2.43. The Morgan fingerprint density at radius 1 is 1.31 bits per heavy atom. The molecule has 1 heterocycles. The van der Waals surface area contributed by atoms with Gasteiger partial charge in [-0.25, -0.2) is 0 Å². The third kappa shape index (κ3) is 6.99. The van der Waals surface area contributed by atoms with Crippen LogP contribution in [-0.4, -0.2) is 57.9 Å². The van der Waals surface area contributed by atoms with Crippen LogP contribution in [0.2, 0.25) is 5.02 Å². The van der Waals surface area contributed by atoms with Crippen molar-refractivity contribution in [1.29, 1.82) is 0 Å². The number of carbonyl (C=O) groups is 2. The van der Waals surface area contributed by atoms with Gasteiger partial charge in [-0.15, -0.1) is 0 Å². The summed E-state index contributed by atoms with van der Waals surface area (Å²) < 4.78 is 42.4. The SMILES string of the molecule is CC1(CN(CCc2ccncc2Cl)C(=O)C(=CN)C(=NC2CCC(C(=O)O)CC2)C(F)(F)F)CCC1. The van der Waals surface area contributed by atoms with E-state index in [9.17, 15) is 22.8 Å². The number of aliphatic carboxylic acids is 1. The average Bonchev–Trinajstić information content (AvgIpc) is 2.81. The number of alkyl halides is 3. The molecular weight excluding hydrogens is 497 g/mol. The van der Waals surface area contributed by atoms with E-state index in [4.69, 9.17) is 22.4 Å². The van der Waals surface area contributed by atoms with Crippen molar-refractivity contribution in [3.05, 3.63) is 40.8 Å². The Balaban J connectivity index is 1.85. The number of aliphatic imine (C=N–C) groups is 1. The molecule has 0 radical (unpaired) electrons. The molecule has 0 aliphatic heterocycles. The van der Waals surface area contributed by atoms with E-state index in [-0.39, 0.29) is 37.6 Å². The Labute approximate surface area is 213 Å². The third-order valence-electron chi connectivity index (χ3n) is 7.21. The van der Waals surface area contributed by atoms with Crippen LogP contribution >= 0.6 is 11.6 Å². The Morgan fingerprint density at radius 2 is 1.97 bits per heavy atom. The van der Waals surface area contributed by atoms with E-state index in [1.54, 1.807) is 12.3 Å². The summed E-state index contributed by atoms with van der Waals surface area (Å²) in [5.74, 6) is -2.37. The van der Waals surface area contributed by atoms with Crippen molar-refractivity contribution < 1.29 is 27.9 Å². The number of rotatable bonds is 9. The number of hydrogen-bond acceptors (Lipinski definition) is 5. The molecule has 0 spiro atoms. The third-order valence-corrected chi connectivity index (χ3v) is 7.55.